The molecule has 4 rings (SSSR count). The van der Waals surface area contributed by atoms with Gasteiger partial charge in [-0.15, -0.1) is 0 Å². The minimum Gasteiger partial charge on any atom is -0.355 e. The number of likely N-dealkylation sites (tertiary alicyclic amines) is 1. The van der Waals surface area contributed by atoms with Crippen molar-refractivity contribution in [1.29, 1.82) is 0 Å². The van der Waals surface area contributed by atoms with E-state index in [0.29, 0.717) is 39.1 Å². The molecule has 7 nitrogen and oxygen atoms in total. The Hall–Kier alpha value is -2.57. The Labute approximate surface area is 197 Å². The Bertz CT molecular complexity index is 829. The third kappa shape index (κ3) is 5.02. The van der Waals surface area contributed by atoms with Crippen LogP contribution in [-0.4, -0.2) is 65.9 Å². The van der Waals surface area contributed by atoms with Gasteiger partial charge in [-0.3, -0.25) is 14.4 Å². The van der Waals surface area contributed by atoms with Gasteiger partial charge in [0.05, 0.1) is 6.67 Å². The first-order valence-electron chi connectivity index (χ1n) is 12.7. The molecule has 1 spiro atoms. The van der Waals surface area contributed by atoms with Crippen molar-refractivity contribution < 1.29 is 14.4 Å². The zero-order valence-electron chi connectivity index (χ0n) is 19.9. The Balaban J connectivity index is 1.47. The van der Waals surface area contributed by atoms with Gasteiger partial charge in [0.2, 0.25) is 11.8 Å². The Kier molecular flexibility index (Phi) is 7.56. The van der Waals surface area contributed by atoms with Crippen LogP contribution < -0.4 is 10.2 Å². The molecule has 7 heteroatoms. The fraction of sp³-hybridized carbons (Fsp3) is 0.654. The summed E-state index contributed by atoms with van der Waals surface area (Å²) in [5, 5.41) is 2.93. The molecule has 3 amide bonds. The summed E-state index contributed by atoms with van der Waals surface area (Å²) in [7, 11) is 0. The second-order valence-electron chi connectivity index (χ2n) is 9.80. The van der Waals surface area contributed by atoms with Crippen LogP contribution in [0.1, 0.15) is 64.7 Å². The van der Waals surface area contributed by atoms with Crippen molar-refractivity contribution in [3.05, 3.63) is 30.3 Å². The molecule has 0 atom stereocenters. The molecule has 1 saturated carbocycles. The van der Waals surface area contributed by atoms with Gasteiger partial charge in [0, 0.05) is 31.2 Å². The zero-order valence-corrected chi connectivity index (χ0v) is 19.9. The fourth-order valence-corrected chi connectivity index (χ4v) is 5.66. The highest BCUT2D eigenvalue weighted by molar-refractivity contribution is 5.96. The number of nitrogens with one attached hydrogen (secondary N) is 1. The maximum atomic E-state index is 13.7. The molecule has 33 heavy (non-hydrogen) atoms. The summed E-state index contributed by atoms with van der Waals surface area (Å²) in [5.41, 5.74) is 0.306. The van der Waals surface area contributed by atoms with Crippen molar-refractivity contribution in [2.75, 3.05) is 37.7 Å². The minimum atomic E-state index is -0.686. The van der Waals surface area contributed by atoms with Gasteiger partial charge in [0.1, 0.15) is 12.1 Å². The topological polar surface area (TPSA) is 73.0 Å². The first-order valence-corrected chi connectivity index (χ1v) is 12.7. The van der Waals surface area contributed by atoms with E-state index in [1.807, 2.05) is 35.2 Å². The predicted molar refractivity (Wildman–Crippen MR) is 129 cm³/mol. The monoisotopic (exact) mass is 454 g/mol. The lowest BCUT2D eigenvalue weighted by atomic mass is 9.83. The quantitative estimate of drug-likeness (QED) is 0.643. The van der Waals surface area contributed by atoms with E-state index < -0.39 is 5.54 Å². The number of benzene rings is 1. The van der Waals surface area contributed by atoms with Crippen LogP contribution in [0.2, 0.25) is 0 Å². The van der Waals surface area contributed by atoms with Gasteiger partial charge in [-0.25, -0.2) is 0 Å². The largest absolute Gasteiger partial charge is 0.355 e. The van der Waals surface area contributed by atoms with Gasteiger partial charge >= 0.3 is 0 Å². The second-order valence-corrected chi connectivity index (χ2v) is 9.80. The molecule has 2 heterocycles. The summed E-state index contributed by atoms with van der Waals surface area (Å²) in [5.74, 6) is 0.336. The number of anilines is 1. The molecule has 1 aromatic carbocycles. The normalized spacial score (nSPS) is 21.0. The van der Waals surface area contributed by atoms with Crippen molar-refractivity contribution >= 4 is 23.4 Å². The van der Waals surface area contributed by atoms with E-state index in [4.69, 9.17) is 0 Å². The molecule has 1 aliphatic carbocycles. The van der Waals surface area contributed by atoms with Crippen molar-refractivity contribution in [1.82, 2.24) is 15.1 Å². The van der Waals surface area contributed by atoms with Crippen LogP contribution in [0.5, 0.6) is 0 Å². The van der Waals surface area contributed by atoms with Gasteiger partial charge in [-0.2, -0.15) is 0 Å². The molecule has 1 aromatic rings. The molecule has 0 bridgehead atoms. The predicted octanol–water partition coefficient (Wildman–Crippen LogP) is 3.15. The van der Waals surface area contributed by atoms with Crippen LogP contribution in [0.25, 0.3) is 0 Å². The van der Waals surface area contributed by atoms with Gasteiger partial charge in [0.15, 0.2) is 0 Å². The van der Waals surface area contributed by atoms with E-state index in [9.17, 15) is 14.4 Å². The van der Waals surface area contributed by atoms with Crippen molar-refractivity contribution in [2.24, 2.45) is 5.92 Å². The Morgan fingerprint density at radius 2 is 1.76 bits per heavy atom. The second kappa shape index (κ2) is 10.6. The number of carbonyl (C=O) groups excluding carboxylic acids is 3. The molecule has 180 valence electrons. The average molecular weight is 455 g/mol. The number of amides is 3. The lowest BCUT2D eigenvalue weighted by Crippen LogP contribution is -2.58. The Morgan fingerprint density at radius 1 is 1.06 bits per heavy atom. The average Bonchev–Trinajstić information content (AvgIpc) is 3.11. The van der Waals surface area contributed by atoms with Gasteiger partial charge in [0.25, 0.3) is 5.91 Å². The molecular weight excluding hydrogens is 416 g/mol. The van der Waals surface area contributed by atoms with Crippen molar-refractivity contribution in [3.63, 3.8) is 0 Å². The van der Waals surface area contributed by atoms with Crippen LogP contribution in [0.15, 0.2) is 30.3 Å². The molecule has 2 saturated heterocycles. The number of piperidine rings is 1. The molecule has 3 fully saturated rings. The SMILES string of the molecule is CCCCNC(=O)CN1CN(c2ccccc2)C2(CCN(C(=O)C3CCCCC3)CC2)C1=O. The number of hydrogen-bond acceptors (Lipinski definition) is 4. The maximum Gasteiger partial charge on any atom is 0.250 e. The first-order chi connectivity index (χ1) is 16.0. The van der Waals surface area contributed by atoms with Gasteiger partial charge in [-0.1, -0.05) is 50.8 Å². The summed E-state index contributed by atoms with van der Waals surface area (Å²) < 4.78 is 0. The third-order valence-corrected chi connectivity index (χ3v) is 7.63. The highest BCUT2D eigenvalue weighted by atomic mass is 16.2. The summed E-state index contributed by atoms with van der Waals surface area (Å²) in [6, 6.07) is 9.99. The third-order valence-electron chi connectivity index (χ3n) is 7.63. The van der Waals surface area contributed by atoms with Crippen molar-refractivity contribution in [2.45, 2.75) is 70.3 Å². The number of nitrogens with zero attached hydrogens (tertiary/aromatic N) is 3. The van der Waals surface area contributed by atoms with E-state index in [-0.39, 0.29) is 30.2 Å². The van der Waals surface area contributed by atoms with E-state index in [1.165, 1.54) is 6.42 Å². The number of carbonyl (C=O) groups is 3. The number of para-hydroxylation sites is 1. The first kappa shape index (κ1) is 23.6. The van der Waals surface area contributed by atoms with Crippen LogP contribution >= 0.6 is 0 Å². The minimum absolute atomic E-state index is 0.0155. The standard InChI is InChI=1S/C26H38N4O3/c1-2-3-16-27-23(31)19-29-20-30(22-12-8-5-9-13-22)26(25(29)33)14-17-28(18-15-26)24(32)21-10-6-4-7-11-21/h5,8-9,12-13,21H,2-4,6-7,10-11,14-20H2,1H3,(H,27,31). The van der Waals surface area contributed by atoms with Crippen LogP contribution in [-0.2, 0) is 14.4 Å². The summed E-state index contributed by atoms with van der Waals surface area (Å²) in [6.45, 7) is 4.41. The fourth-order valence-electron chi connectivity index (χ4n) is 5.66. The van der Waals surface area contributed by atoms with Crippen LogP contribution in [0.4, 0.5) is 5.69 Å². The van der Waals surface area contributed by atoms with E-state index >= 15 is 0 Å². The summed E-state index contributed by atoms with van der Waals surface area (Å²) in [6.07, 6.45) is 8.67. The zero-order chi connectivity index (χ0) is 23.3. The number of rotatable bonds is 7. The molecule has 1 N–H and O–H groups in total. The summed E-state index contributed by atoms with van der Waals surface area (Å²) in [4.78, 5) is 45.1. The Morgan fingerprint density at radius 3 is 2.42 bits per heavy atom. The van der Waals surface area contributed by atoms with Crippen LogP contribution in [0, 0.1) is 5.92 Å². The molecule has 0 aromatic heterocycles. The van der Waals surface area contributed by atoms with E-state index in [2.05, 4.69) is 17.1 Å². The lowest BCUT2D eigenvalue weighted by molar-refractivity contribution is -0.142. The number of unbranched alkanes of at least 4 members (excludes halogenated alkanes) is 1. The van der Waals surface area contributed by atoms with E-state index in [0.717, 1.165) is 44.2 Å². The molecule has 0 unspecified atom stereocenters. The molecule has 2 aliphatic heterocycles. The lowest BCUT2D eigenvalue weighted by Gasteiger charge is -2.44. The van der Waals surface area contributed by atoms with Crippen LogP contribution in [0.3, 0.4) is 0 Å². The smallest absolute Gasteiger partial charge is 0.250 e. The highest BCUT2D eigenvalue weighted by Gasteiger charge is 2.54. The number of hydrogen-bond donors (Lipinski definition) is 1. The highest BCUT2D eigenvalue weighted by Crippen LogP contribution is 2.40. The summed E-state index contributed by atoms with van der Waals surface area (Å²) >= 11 is 0. The molecular formula is C26H38N4O3. The van der Waals surface area contributed by atoms with Gasteiger partial charge in [-0.05, 0) is 44.2 Å². The molecule has 3 aliphatic rings. The van der Waals surface area contributed by atoms with E-state index in [1.54, 1.807) is 4.90 Å². The van der Waals surface area contributed by atoms with Crippen molar-refractivity contribution in [3.8, 4) is 0 Å². The van der Waals surface area contributed by atoms with Gasteiger partial charge < -0.3 is 20.0 Å². The maximum absolute atomic E-state index is 13.7. The molecule has 0 radical (unpaired) electrons.